The van der Waals surface area contributed by atoms with Gasteiger partial charge in [-0.3, -0.25) is 9.69 Å². The molecule has 0 unspecified atom stereocenters. The molecular formula is C13H20N2O3. The summed E-state index contributed by atoms with van der Waals surface area (Å²) in [6.45, 7) is 3.33. The summed E-state index contributed by atoms with van der Waals surface area (Å²) in [7, 11) is 1.79. The number of anilines is 1. The second-order valence-corrected chi connectivity index (χ2v) is 3.97. The lowest BCUT2D eigenvalue weighted by Crippen LogP contribution is -2.32. The smallest absolute Gasteiger partial charge is 0.238 e. The maximum absolute atomic E-state index is 11.6. The van der Waals surface area contributed by atoms with Crippen LogP contribution >= 0.6 is 0 Å². The lowest BCUT2D eigenvalue weighted by molar-refractivity contribution is -0.117. The van der Waals surface area contributed by atoms with Crippen molar-refractivity contribution < 1.29 is 14.6 Å². The van der Waals surface area contributed by atoms with Gasteiger partial charge in [0.2, 0.25) is 5.91 Å². The number of carbonyl (C=O) groups excluding carboxylic acids is 1. The van der Waals surface area contributed by atoms with E-state index in [-0.39, 0.29) is 19.1 Å². The first-order valence-electron chi connectivity index (χ1n) is 5.97. The Morgan fingerprint density at radius 3 is 2.61 bits per heavy atom. The number of rotatable bonds is 7. The molecule has 2 N–H and O–H groups in total. The minimum absolute atomic E-state index is 0.0484. The summed E-state index contributed by atoms with van der Waals surface area (Å²) >= 11 is 0. The normalized spacial score (nSPS) is 10.4. The summed E-state index contributed by atoms with van der Waals surface area (Å²) in [5.74, 6) is 0.683. The van der Waals surface area contributed by atoms with Gasteiger partial charge >= 0.3 is 0 Å². The lowest BCUT2D eigenvalue weighted by Gasteiger charge is -2.14. The number of carbonyl (C=O) groups is 1. The molecule has 0 saturated carbocycles. The van der Waals surface area contributed by atoms with Crippen LogP contribution in [0.1, 0.15) is 6.92 Å². The number of nitrogens with one attached hydrogen (secondary N) is 1. The number of hydrogen-bond donors (Lipinski definition) is 2. The number of likely N-dealkylation sites (N-methyl/N-ethyl adjacent to an activating group) is 1. The zero-order chi connectivity index (χ0) is 13.4. The highest BCUT2D eigenvalue weighted by atomic mass is 16.5. The first-order chi connectivity index (χ1) is 8.65. The third-order valence-corrected chi connectivity index (χ3v) is 2.34. The summed E-state index contributed by atoms with van der Waals surface area (Å²) in [6, 6.07) is 7.23. The highest BCUT2D eigenvalue weighted by molar-refractivity contribution is 5.92. The van der Waals surface area contributed by atoms with Crippen molar-refractivity contribution in [2.75, 3.05) is 38.7 Å². The summed E-state index contributed by atoms with van der Waals surface area (Å²) in [5.41, 5.74) is 0.737. The van der Waals surface area contributed by atoms with Crippen molar-refractivity contribution in [2.24, 2.45) is 0 Å². The molecule has 0 aliphatic heterocycles. The number of amides is 1. The SMILES string of the molecule is CCOc1ccc(NC(=O)CN(C)CCO)cc1. The zero-order valence-electron chi connectivity index (χ0n) is 10.8. The largest absolute Gasteiger partial charge is 0.494 e. The molecule has 0 bridgehead atoms. The van der Waals surface area contributed by atoms with Crippen molar-refractivity contribution in [3.05, 3.63) is 24.3 Å². The van der Waals surface area contributed by atoms with E-state index in [2.05, 4.69) is 5.32 Å². The van der Waals surface area contributed by atoms with E-state index in [1.165, 1.54) is 0 Å². The Morgan fingerprint density at radius 2 is 2.06 bits per heavy atom. The van der Waals surface area contributed by atoms with Gasteiger partial charge in [0.15, 0.2) is 0 Å². The van der Waals surface area contributed by atoms with Gasteiger partial charge in [-0.1, -0.05) is 0 Å². The fourth-order valence-electron chi connectivity index (χ4n) is 1.50. The molecule has 1 aromatic rings. The molecule has 0 fully saturated rings. The van der Waals surface area contributed by atoms with E-state index < -0.39 is 0 Å². The molecule has 0 aliphatic rings. The van der Waals surface area contributed by atoms with Crippen molar-refractivity contribution in [1.82, 2.24) is 4.90 Å². The molecular weight excluding hydrogens is 232 g/mol. The van der Waals surface area contributed by atoms with Gasteiger partial charge in [0.05, 0.1) is 19.8 Å². The second-order valence-electron chi connectivity index (χ2n) is 3.97. The standard InChI is InChI=1S/C13H20N2O3/c1-3-18-12-6-4-11(5-7-12)14-13(17)10-15(2)8-9-16/h4-7,16H,3,8-10H2,1-2H3,(H,14,17). The van der Waals surface area contributed by atoms with E-state index in [0.29, 0.717) is 13.2 Å². The van der Waals surface area contributed by atoms with Gasteiger partial charge < -0.3 is 15.2 Å². The molecule has 0 spiro atoms. The van der Waals surface area contributed by atoms with Gasteiger partial charge in [-0.25, -0.2) is 0 Å². The van der Waals surface area contributed by atoms with Gasteiger partial charge in [-0.15, -0.1) is 0 Å². The highest BCUT2D eigenvalue weighted by Gasteiger charge is 2.06. The van der Waals surface area contributed by atoms with Crippen LogP contribution in [0.4, 0.5) is 5.69 Å². The van der Waals surface area contributed by atoms with Crippen LogP contribution in [0.15, 0.2) is 24.3 Å². The van der Waals surface area contributed by atoms with E-state index in [4.69, 9.17) is 9.84 Å². The van der Waals surface area contributed by atoms with E-state index in [0.717, 1.165) is 11.4 Å². The Hall–Kier alpha value is -1.59. The minimum Gasteiger partial charge on any atom is -0.494 e. The maximum Gasteiger partial charge on any atom is 0.238 e. The van der Waals surface area contributed by atoms with Gasteiger partial charge in [-0.05, 0) is 38.2 Å². The molecule has 5 heteroatoms. The van der Waals surface area contributed by atoms with Crippen LogP contribution in [0.2, 0.25) is 0 Å². The Kier molecular flexibility index (Phi) is 6.18. The summed E-state index contributed by atoms with van der Waals surface area (Å²) in [5, 5.41) is 11.5. The number of nitrogens with zero attached hydrogens (tertiary/aromatic N) is 1. The Bertz CT molecular complexity index is 365. The van der Waals surface area contributed by atoms with Crippen LogP contribution in [0, 0.1) is 0 Å². The average molecular weight is 252 g/mol. The van der Waals surface area contributed by atoms with Gasteiger partial charge in [0, 0.05) is 12.2 Å². The van der Waals surface area contributed by atoms with E-state index in [1.54, 1.807) is 24.1 Å². The molecule has 1 rings (SSSR count). The molecule has 0 saturated heterocycles. The van der Waals surface area contributed by atoms with Crippen LogP contribution < -0.4 is 10.1 Å². The van der Waals surface area contributed by atoms with Crippen LogP contribution in [0.5, 0.6) is 5.75 Å². The molecule has 0 atom stereocenters. The number of benzene rings is 1. The second kappa shape index (κ2) is 7.68. The third kappa shape index (κ3) is 5.16. The van der Waals surface area contributed by atoms with E-state index >= 15 is 0 Å². The predicted molar refractivity (Wildman–Crippen MR) is 70.8 cm³/mol. The topological polar surface area (TPSA) is 61.8 Å². The van der Waals surface area contributed by atoms with Crippen molar-refractivity contribution >= 4 is 11.6 Å². The van der Waals surface area contributed by atoms with Crippen LogP contribution in [0.25, 0.3) is 0 Å². The summed E-state index contributed by atoms with van der Waals surface area (Å²) < 4.78 is 5.31. The number of ether oxygens (including phenoxy) is 1. The summed E-state index contributed by atoms with van der Waals surface area (Å²) in [4.78, 5) is 13.4. The number of hydrogen-bond acceptors (Lipinski definition) is 4. The van der Waals surface area contributed by atoms with Crippen molar-refractivity contribution in [3.63, 3.8) is 0 Å². The monoisotopic (exact) mass is 252 g/mol. The van der Waals surface area contributed by atoms with Gasteiger partial charge in [-0.2, -0.15) is 0 Å². The van der Waals surface area contributed by atoms with Crippen LogP contribution in [-0.4, -0.2) is 49.3 Å². The quantitative estimate of drug-likeness (QED) is 0.758. The first-order valence-corrected chi connectivity index (χ1v) is 5.97. The fraction of sp³-hybridized carbons (Fsp3) is 0.462. The van der Waals surface area contributed by atoms with Crippen LogP contribution in [0.3, 0.4) is 0 Å². The Labute approximate surface area is 107 Å². The lowest BCUT2D eigenvalue weighted by atomic mass is 10.3. The molecule has 0 heterocycles. The molecule has 0 radical (unpaired) electrons. The van der Waals surface area contributed by atoms with Crippen molar-refractivity contribution in [1.29, 1.82) is 0 Å². The van der Waals surface area contributed by atoms with E-state index in [9.17, 15) is 4.79 Å². The van der Waals surface area contributed by atoms with Crippen LogP contribution in [-0.2, 0) is 4.79 Å². The first kappa shape index (κ1) is 14.5. The van der Waals surface area contributed by atoms with Crippen molar-refractivity contribution in [2.45, 2.75) is 6.92 Å². The van der Waals surface area contributed by atoms with Gasteiger partial charge in [0.1, 0.15) is 5.75 Å². The predicted octanol–water partition coefficient (Wildman–Crippen LogP) is 0.948. The zero-order valence-corrected chi connectivity index (χ0v) is 10.8. The van der Waals surface area contributed by atoms with E-state index in [1.807, 2.05) is 19.1 Å². The number of aliphatic hydroxyl groups excluding tert-OH is 1. The molecule has 1 amide bonds. The molecule has 100 valence electrons. The average Bonchev–Trinajstić information content (AvgIpc) is 2.32. The molecule has 18 heavy (non-hydrogen) atoms. The molecule has 5 nitrogen and oxygen atoms in total. The van der Waals surface area contributed by atoms with Gasteiger partial charge in [0.25, 0.3) is 0 Å². The fourth-order valence-corrected chi connectivity index (χ4v) is 1.50. The van der Waals surface area contributed by atoms with Crippen molar-refractivity contribution in [3.8, 4) is 5.75 Å². The highest BCUT2D eigenvalue weighted by Crippen LogP contribution is 2.15. The Morgan fingerprint density at radius 1 is 1.39 bits per heavy atom. The molecule has 0 aromatic heterocycles. The third-order valence-electron chi connectivity index (χ3n) is 2.34. The summed E-state index contributed by atoms with van der Waals surface area (Å²) in [6.07, 6.45) is 0. The minimum atomic E-state index is -0.102. The molecule has 0 aliphatic carbocycles. The molecule has 1 aromatic carbocycles. The Balaban J connectivity index is 2.44. The number of aliphatic hydroxyl groups is 1. The maximum atomic E-state index is 11.6.